The van der Waals surface area contributed by atoms with Crippen LogP contribution in [0.5, 0.6) is 0 Å². The molecule has 0 unspecified atom stereocenters. The number of thiazole rings is 1. The van der Waals surface area contributed by atoms with Crippen LogP contribution in [0.4, 0.5) is 5.13 Å². The van der Waals surface area contributed by atoms with E-state index in [4.69, 9.17) is 4.74 Å². The second kappa shape index (κ2) is 12.8. The first-order chi connectivity index (χ1) is 16.9. The minimum Gasteiger partial charge on any atom is -0.456 e. The fraction of sp³-hybridized carbons (Fsp3) is 0.400. The monoisotopic (exact) mass is 498 g/mol. The number of unbranched alkanes of at least 4 members (excludes halogenated alkanes) is 3. The number of aromatic amines is 2. The number of amides is 1. The van der Waals surface area contributed by atoms with Gasteiger partial charge in [0.15, 0.2) is 11.7 Å². The maximum atomic E-state index is 13.0. The van der Waals surface area contributed by atoms with Crippen molar-refractivity contribution in [1.29, 1.82) is 0 Å². The molecule has 0 saturated carbocycles. The first-order valence-corrected chi connectivity index (χ1v) is 12.6. The number of carbonyl (C=O) groups is 2. The van der Waals surface area contributed by atoms with Gasteiger partial charge < -0.3 is 9.72 Å². The molecule has 1 amide bonds. The summed E-state index contributed by atoms with van der Waals surface area (Å²) in [6.45, 7) is 3.80. The quantitative estimate of drug-likeness (QED) is 0.290. The molecule has 3 aromatic rings. The van der Waals surface area contributed by atoms with E-state index < -0.39 is 23.8 Å². The second-order valence-electron chi connectivity index (χ2n) is 8.16. The van der Waals surface area contributed by atoms with Crippen LogP contribution >= 0.6 is 11.3 Å². The predicted octanol–water partition coefficient (Wildman–Crippen LogP) is 3.58. The fourth-order valence-electron chi connectivity index (χ4n) is 3.60. The fourth-order valence-corrected chi connectivity index (χ4v) is 4.48. The molecule has 10 heteroatoms. The van der Waals surface area contributed by atoms with E-state index >= 15 is 0 Å². The molecule has 0 atom stereocenters. The lowest BCUT2D eigenvalue weighted by Crippen LogP contribution is -2.35. The molecule has 35 heavy (non-hydrogen) atoms. The van der Waals surface area contributed by atoms with Crippen LogP contribution in [0.3, 0.4) is 0 Å². The summed E-state index contributed by atoms with van der Waals surface area (Å²) in [5.41, 5.74) is 1.33. The Kier molecular flexibility index (Phi) is 9.54. The van der Waals surface area contributed by atoms with Gasteiger partial charge in [0.05, 0.1) is 5.69 Å². The van der Waals surface area contributed by atoms with Crippen LogP contribution < -0.4 is 16.1 Å². The highest BCUT2D eigenvalue weighted by Crippen LogP contribution is 2.28. The lowest BCUT2D eigenvalue weighted by molar-refractivity contribution is -0.147. The summed E-state index contributed by atoms with van der Waals surface area (Å²) in [6, 6.07) is 9.73. The Balaban J connectivity index is 1.62. The van der Waals surface area contributed by atoms with Crippen LogP contribution in [0.2, 0.25) is 0 Å². The third-order valence-corrected chi connectivity index (χ3v) is 6.38. The van der Waals surface area contributed by atoms with Crippen LogP contribution in [-0.4, -0.2) is 40.0 Å². The minimum absolute atomic E-state index is 0.0881. The van der Waals surface area contributed by atoms with Crippen LogP contribution in [0, 0.1) is 6.92 Å². The molecule has 2 N–H and O–H groups in total. The molecule has 0 saturated heterocycles. The average Bonchev–Trinajstić information content (AvgIpc) is 3.32. The van der Waals surface area contributed by atoms with E-state index in [9.17, 15) is 19.2 Å². The van der Waals surface area contributed by atoms with Gasteiger partial charge in [-0.25, -0.2) is 9.78 Å². The van der Waals surface area contributed by atoms with Gasteiger partial charge in [-0.15, -0.1) is 11.3 Å². The van der Waals surface area contributed by atoms with Crippen molar-refractivity contribution >= 4 is 28.3 Å². The topological polar surface area (TPSA) is 125 Å². The highest BCUT2D eigenvalue weighted by molar-refractivity contribution is 7.14. The van der Waals surface area contributed by atoms with Gasteiger partial charge in [-0.2, -0.15) is 0 Å². The third-order valence-electron chi connectivity index (χ3n) is 5.52. The first-order valence-electron chi connectivity index (χ1n) is 11.7. The van der Waals surface area contributed by atoms with Crippen LogP contribution in [0.1, 0.15) is 50.3 Å². The lowest BCUT2D eigenvalue weighted by Gasteiger charge is -2.20. The molecule has 0 aliphatic carbocycles. The smallest absolute Gasteiger partial charge is 0.325 e. The normalized spacial score (nSPS) is 10.8. The van der Waals surface area contributed by atoms with Gasteiger partial charge >= 0.3 is 11.7 Å². The van der Waals surface area contributed by atoms with Crippen LogP contribution in [0.25, 0.3) is 11.3 Å². The summed E-state index contributed by atoms with van der Waals surface area (Å²) < 4.78 is 5.21. The van der Waals surface area contributed by atoms with Gasteiger partial charge in [0.25, 0.3) is 11.5 Å². The number of aryl methyl sites for hydroxylation is 1. The molecule has 0 aliphatic rings. The van der Waals surface area contributed by atoms with Gasteiger partial charge in [0, 0.05) is 35.2 Å². The minimum atomic E-state index is -0.599. The average molecular weight is 499 g/mol. The third kappa shape index (κ3) is 7.48. The predicted molar refractivity (Wildman–Crippen MR) is 136 cm³/mol. The zero-order chi connectivity index (χ0) is 25.2. The SMILES string of the molecule is CCCCCCN(C(=O)COC(=O)CCc1c(C)[nH]c(=O)[nH]c1=O)c1nc(-c2ccccc2)cs1. The summed E-state index contributed by atoms with van der Waals surface area (Å²) in [4.78, 5) is 59.4. The number of carbonyl (C=O) groups excluding carboxylic acids is 2. The molecule has 0 spiro atoms. The van der Waals surface area contributed by atoms with Crippen molar-refractivity contribution in [1.82, 2.24) is 15.0 Å². The zero-order valence-corrected chi connectivity index (χ0v) is 20.8. The Hall–Kier alpha value is -3.53. The van der Waals surface area contributed by atoms with Crippen LogP contribution in [0.15, 0.2) is 45.3 Å². The molecule has 3 rings (SSSR count). The van der Waals surface area contributed by atoms with Crippen molar-refractivity contribution in [2.24, 2.45) is 0 Å². The Morgan fingerprint density at radius 1 is 1.09 bits per heavy atom. The molecule has 2 heterocycles. The molecular formula is C25H30N4O5S. The van der Waals surface area contributed by atoms with Crippen molar-refractivity contribution in [2.45, 2.75) is 52.4 Å². The van der Waals surface area contributed by atoms with E-state index in [2.05, 4.69) is 21.9 Å². The number of nitrogens with zero attached hydrogens (tertiary/aromatic N) is 2. The number of anilines is 1. The Morgan fingerprint density at radius 2 is 1.86 bits per heavy atom. The summed E-state index contributed by atoms with van der Waals surface area (Å²) in [5, 5.41) is 2.48. The van der Waals surface area contributed by atoms with Crippen molar-refractivity contribution in [3.63, 3.8) is 0 Å². The van der Waals surface area contributed by atoms with Crippen molar-refractivity contribution in [3.05, 3.63) is 67.8 Å². The van der Waals surface area contributed by atoms with E-state index in [1.807, 2.05) is 35.7 Å². The number of hydrogen-bond acceptors (Lipinski definition) is 7. The van der Waals surface area contributed by atoms with Crippen LogP contribution in [-0.2, 0) is 20.7 Å². The molecule has 186 valence electrons. The largest absolute Gasteiger partial charge is 0.456 e. The number of nitrogens with one attached hydrogen (secondary N) is 2. The summed E-state index contributed by atoms with van der Waals surface area (Å²) in [7, 11) is 0. The number of H-pyrrole nitrogens is 2. The van der Waals surface area contributed by atoms with E-state index in [1.54, 1.807) is 11.8 Å². The maximum Gasteiger partial charge on any atom is 0.325 e. The molecular weight excluding hydrogens is 468 g/mol. The van der Waals surface area contributed by atoms with Gasteiger partial charge in [-0.1, -0.05) is 56.5 Å². The Bertz CT molecular complexity index is 1250. The van der Waals surface area contributed by atoms with E-state index in [0.29, 0.717) is 22.9 Å². The van der Waals surface area contributed by atoms with E-state index in [0.717, 1.165) is 36.9 Å². The Morgan fingerprint density at radius 3 is 2.57 bits per heavy atom. The first kappa shape index (κ1) is 26.1. The molecule has 1 aromatic carbocycles. The number of ether oxygens (including phenoxy) is 1. The number of hydrogen-bond donors (Lipinski definition) is 2. The van der Waals surface area contributed by atoms with Crippen molar-refractivity contribution in [3.8, 4) is 11.3 Å². The van der Waals surface area contributed by atoms with Crippen molar-refractivity contribution in [2.75, 3.05) is 18.1 Å². The molecule has 0 bridgehead atoms. The second-order valence-corrected chi connectivity index (χ2v) is 9.00. The van der Waals surface area contributed by atoms with Gasteiger partial charge in [-0.3, -0.25) is 24.3 Å². The van der Waals surface area contributed by atoms with Gasteiger partial charge in [0.1, 0.15) is 0 Å². The molecule has 0 fully saturated rings. The molecule has 0 radical (unpaired) electrons. The number of rotatable bonds is 12. The Labute approximate surface area is 207 Å². The standard InChI is InChI=1S/C25H30N4O5S/c1-3-4-5-9-14-29(25-27-20(16-35-25)18-10-7-6-8-11-18)21(30)15-34-22(31)13-12-19-17(2)26-24(33)28-23(19)32/h6-8,10-11,16H,3-5,9,12-15H2,1-2H3,(H2,26,28,32,33). The maximum absolute atomic E-state index is 13.0. The molecule has 2 aromatic heterocycles. The lowest BCUT2D eigenvalue weighted by atomic mass is 10.1. The van der Waals surface area contributed by atoms with Gasteiger partial charge in [-0.05, 0) is 19.8 Å². The number of aromatic nitrogens is 3. The summed E-state index contributed by atoms with van der Waals surface area (Å²) >= 11 is 1.38. The summed E-state index contributed by atoms with van der Waals surface area (Å²) in [6.07, 6.45) is 3.98. The highest BCUT2D eigenvalue weighted by Gasteiger charge is 2.21. The number of esters is 1. The highest BCUT2D eigenvalue weighted by atomic mass is 32.1. The van der Waals surface area contributed by atoms with E-state index in [-0.39, 0.29) is 18.7 Å². The van der Waals surface area contributed by atoms with Gasteiger partial charge in [0.2, 0.25) is 0 Å². The number of benzene rings is 1. The van der Waals surface area contributed by atoms with Crippen molar-refractivity contribution < 1.29 is 14.3 Å². The molecule has 9 nitrogen and oxygen atoms in total. The summed E-state index contributed by atoms with van der Waals surface area (Å²) in [5.74, 6) is -0.944. The van der Waals surface area contributed by atoms with E-state index in [1.165, 1.54) is 11.3 Å². The molecule has 0 aliphatic heterocycles. The zero-order valence-electron chi connectivity index (χ0n) is 20.0.